The molecule has 1 aromatic heterocycles. The molecule has 0 atom stereocenters. The summed E-state index contributed by atoms with van der Waals surface area (Å²) < 4.78 is 44.4. The molecule has 7 nitrogen and oxygen atoms in total. The predicted octanol–water partition coefficient (Wildman–Crippen LogP) is 1.36. The van der Waals surface area contributed by atoms with Crippen LogP contribution in [0.15, 0.2) is 6.07 Å². The van der Waals surface area contributed by atoms with Crippen LogP contribution in [0.2, 0.25) is 0 Å². The van der Waals surface area contributed by atoms with Crippen LogP contribution in [0.3, 0.4) is 0 Å². The van der Waals surface area contributed by atoms with E-state index in [4.69, 9.17) is 5.73 Å². The van der Waals surface area contributed by atoms with Crippen LogP contribution in [0.4, 0.5) is 18.9 Å². The molecule has 18 heavy (non-hydrogen) atoms. The van der Waals surface area contributed by atoms with Crippen molar-refractivity contribution in [3.05, 3.63) is 21.9 Å². The minimum absolute atomic E-state index is 0.297. The first-order valence-electron chi connectivity index (χ1n) is 4.46. The summed E-state index contributed by atoms with van der Waals surface area (Å²) in [6, 6.07) is 0.571. The van der Waals surface area contributed by atoms with Gasteiger partial charge in [-0.2, -0.15) is 0 Å². The maximum atomic E-state index is 12.1. The fourth-order valence-electron chi connectivity index (χ4n) is 1.14. The average Bonchev–Trinajstić information content (AvgIpc) is 2.26. The standard InChI is InChI=1S/C8H8F3N3O4/c1-17-7-5(14(15)16)2-6(4(3-12)13-7)18-8(9,10)11/h2H,3,12H2,1H3. The van der Waals surface area contributed by atoms with Crippen molar-refractivity contribution in [1.29, 1.82) is 0 Å². The fourth-order valence-corrected chi connectivity index (χ4v) is 1.14. The lowest BCUT2D eigenvalue weighted by Gasteiger charge is -2.12. The second kappa shape index (κ2) is 5.04. The van der Waals surface area contributed by atoms with Gasteiger partial charge in [0.15, 0.2) is 5.75 Å². The van der Waals surface area contributed by atoms with E-state index >= 15 is 0 Å². The summed E-state index contributed by atoms with van der Waals surface area (Å²) >= 11 is 0. The van der Waals surface area contributed by atoms with E-state index in [0.717, 1.165) is 7.11 Å². The summed E-state index contributed by atoms with van der Waals surface area (Å²) in [5, 5.41) is 10.6. The van der Waals surface area contributed by atoms with Crippen molar-refractivity contribution >= 4 is 5.69 Å². The molecule has 0 spiro atoms. The minimum atomic E-state index is -4.99. The van der Waals surface area contributed by atoms with Gasteiger partial charge in [0.25, 0.3) is 5.88 Å². The fraction of sp³-hybridized carbons (Fsp3) is 0.375. The first kappa shape index (κ1) is 14.0. The SMILES string of the molecule is COc1nc(CN)c(OC(F)(F)F)cc1[N+](=O)[O-]. The van der Waals surface area contributed by atoms with E-state index in [9.17, 15) is 23.3 Å². The number of halogens is 3. The molecule has 1 rings (SSSR count). The van der Waals surface area contributed by atoms with Gasteiger partial charge in [0.2, 0.25) is 0 Å². The Bertz CT molecular complexity index is 464. The number of rotatable bonds is 4. The molecule has 0 amide bonds. The summed E-state index contributed by atoms with van der Waals surface area (Å²) in [5.41, 5.74) is 4.15. The molecule has 2 N–H and O–H groups in total. The Kier molecular flexibility index (Phi) is 3.91. The Balaban J connectivity index is 3.32. The zero-order chi connectivity index (χ0) is 13.9. The molecular formula is C8H8F3N3O4. The van der Waals surface area contributed by atoms with Crippen LogP contribution in [0.5, 0.6) is 11.6 Å². The molecule has 0 aromatic carbocycles. The molecule has 1 heterocycles. The first-order valence-corrected chi connectivity index (χ1v) is 4.46. The minimum Gasteiger partial charge on any atom is -0.476 e. The first-order chi connectivity index (χ1) is 8.28. The van der Waals surface area contributed by atoms with Gasteiger partial charge in [-0.15, -0.1) is 13.2 Å². The number of methoxy groups -OCH3 is 1. The third-order valence-electron chi connectivity index (χ3n) is 1.82. The summed E-state index contributed by atoms with van der Waals surface area (Å²) in [6.07, 6.45) is -4.99. The van der Waals surface area contributed by atoms with E-state index in [1.54, 1.807) is 0 Å². The lowest BCUT2D eigenvalue weighted by atomic mass is 10.3. The second-order valence-electron chi connectivity index (χ2n) is 2.97. The number of hydrogen-bond acceptors (Lipinski definition) is 6. The van der Waals surface area contributed by atoms with Crippen LogP contribution in [-0.2, 0) is 6.54 Å². The molecule has 1 aromatic rings. The highest BCUT2D eigenvalue weighted by atomic mass is 19.4. The lowest BCUT2D eigenvalue weighted by molar-refractivity contribution is -0.386. The molecule has 0 fully saturated rings. The monoisotopic (exact) mass is 267 g/mol. The Morgan fingerprint density at radius 3 is 2.56 bits per heavy atom. The third kappa shape index (κ3) is 3.20. The van der Waals surface area contributed by atoms with Crippen LogP contribution in [0, 0.1) is 10.1 Å². The van der Waals surface area contributed by atoms with Crippen molar-refractivity contribution in [3.63, 3.8) is 0 Å². The van der Waals surface area contributed by atoms with E-state index in [-0.39, 0.29) is 12.2 Å². The van der Waals surface area contributed by atoms with E-state index in [1.807, 2.05) is 0 Å². The van der Waals surface area contributed by atoms with E-state index in [2.05, 4.69) is 14.5 Å². The van der Waals surface area contributed by atoms with Gasteiger partial charge in [0, 0.05) is 6.54 Å². The average molecular weight is 267 g/mol. The lowest BCUT2D eigenvalue weighted by Crippen LogP contribution is -2.19. The van der Waals surface area contributed by atoms with Crippen molar-refractivity contribution < 1.29 is 27.6 Å². The van der Waals surface area contributed by atoms with Crippen LogP contribution in [-0.4, -0.2) is 23.4 Å². The van der Waals surface area contributed by atoms with E-state index < -0.39 is 28.6 Å². The van der Waals surface area contributed by atoms with Crippen molar-refractivity contribution in [2.75, 3.05) is 7.11 Å². The molecule has 100 valence electrons. The number of hydrogen-bond donors (Lipinski definition) is 1. The summed E-state index contributed by atoms with van der Waals surface area (Å²) in [4.78, 5) is 13.2. The zero-order valence-corrected chi connectivity index (χ0v) is 9.02. The van der Waals surface area contributed by atoms with Gasteiger partial charge < -0.3 is 15.2 Å². The topological polar surface area (TPSA) is 101 Å². The maximum absolute atomic E-state index is 12.1. The highest BCUT2D eigenvalue weighted by molar-refractivity contribution is 5.48. The van der Waals surface area contributed by atoms with Gasteiger partial charge in [-0.1, -0.05) is 0 Å². The van der Waals surface area contributed by atoms with Crippen molar-refractivity contribution in [3.8, 4) is 11.6 Å². The Morgan fingerprint density at radius 2 is 2.17 bits per heavy atom. The number of nitrogens with zero attached hydrogens (tertiary/aromatic N) is 2. The summed E-state index contributed by atoms with van der Waals surface area (Å²) in [7, 11) is 1.10. The number of aromatic nitrogens is 1. The molecule has 0 bridgehead atoms. The van der Waals surface area contributed by atoms with Gasteiger partial charge >= 0.3 is 12.0 Å². The normalized spacial score (nSPS) is 11.2. The van der Waals surface area contributed by atoms with Crippen LogP contribution < -0.4 is 15.2 Å². The molecule has 0 saturated carbocycles. The molecule has 0 aliphatic heterocycles. The second-order valence-corrected chi connectivity index (χ2v) is 2.97. The predicted molar refractivity (Wildman–Crippen MR) is 52.0 cm³/mol. The van der Waals surface area contributed by atoms with Crippen molar-refractivity contribution in [1.82, 2.24) is 4.98 Å². The Hall–Kier alpha value is -2.10. The van der Waals surface area contributed by atoms with Crippen molar-refractivity contribution in [2.24, 2.45) is 5.73 Å². The van der Waals surface area contributed by atoms with E-state index in [1.165, 1.54) is 0 Å². The van der Waals surface area contributed by atoms with Crippen LogP contribution in [0.25, 0.3) is 0 Å². The highest BCUT2D eigenvalue weighted by Gasteiger charge is 2.34. The maximum Gasteiger partial charge on any atom is 0.573 e. The smallest absolute Gasteiger partial charge is 0.476 e. The molecule has 0 saturated heterocycles. The molecule has 0 aliphatic carbocycles. The molecule has 10 heteroatoms. The summed E-state index contributed by atoms with van der Waals surface area (Å²) in [6.45, 7) is -0.389. The van der Waals surface area contributed by atoms with E-state index in [0.29, 0.717) is 6.07 Å². The Morgan fingerprint density at radius 1 is 1.56 bits per heavy atom. The quantitative estimate of drug-likeness (QED) is 0.652. The van der Waals surface area contributed by atoms with Gasteiger partial charge in [-0.25, -0.2) is 4.98 Å². The molecule has 0 radical (unpaired) electrons. The largest absolute Gasteiger partial charge is 0.573 e. The van der Waals surface area contributed by atoms with Gasteiger partial charge in [-0.3, -0.25) is 10.1 Å². The van der Waals surface area contributed by atoms with Gasteiger partial charge in [0.1, 0.15) is 5.69 Å². The molecule has 0 unspecified atom stereocenters. The highest BCUT2D eigenvalue weighted by Crippen LogP contribution is 2.33. The van der Waals surface area contributed by atoms with Crippen molar-refractivity contribution in [2.45, 2.75) is 12.9 Å². The molecular weight excluding hydrogens is 259 g/mol. The Labute approximate surface area is 98.5 Å². The summed E-state index contributed by atoms with van der Waals surface area (Å²) in [5.74, 6) is -1.26. The van der Waals surface area contributed by atoms with Crippen LogP contribution >= 0.6 is 0 Å². The number of pyridine rings is 1. The van der Waals surface area contributed by atoms with Gasteiger partial charge in [0.05, 0.1) is 18.1 Å². The zero-order valence-electron chi connectivity index (χ0n) is 9.02. The molecule has 0 aliphatic rings. The number of ether oxygens (including phenoxy) is 2. The number of alkyl halides is 3. The van der Waals surface area contributed by atoms with Crippen LogP contribution in [0.1, 0.15) is 5.69 Å². The third-order valence-corrected chi connectivity index (χ3v) is 1.82. The number of nitrogens with two attached hydrogens (primary N) is 1. The number of nitro groups is 1. The van der Waals surface area contributed by atoms with Gasteiger partial charge in [-0.05, 0) is 0 Å².